The van der Waals surface area contributed by atoms with E-state index in [1.165, 1.54) is 11.1 Å². The number of rotatable bonds is 3. The molecule has 2 heterocycles. The quantitative estimate of drug-likeness (QED) is 0.585. The van der Waals surface area contributed by atoms with Gasteiger partial charge >= 0.3 is 0 Å². The summed E-state index contributed by atoms with van der Waals surface area (Å²) in [5, 5.41) is 3.59. The first-order valence-electron chi connectivity index (χ1n) is 8.97. The van der Waals surface area contributed by atoms with Gasteiger partial charge < -0.3 is 11.1 Å². The molecule has 7 heteroatoms. The SMILES string of the molecule is Cc1nc(N)nc(-n2c(NC3Cc4ccccc4C3)nc3ccccc32)n1. The monoisotopic (exact) mass is 357 g/mol. The highest BCUT2D eigenvalue weighted by Crippen LogP contribution is 2.27. The maximum atomic E-state index is 5.86. The number of para-hydroxylation sites is 2. The van der Waals surface area contributed by atoms with Crippen LogP contribution < -0.4 is 11.1 Å². The number of imidazole rings is 1. The fourth-order valence-corrected chi connectivity index (χ4v) is 3.76. The molecule has 4 aromatic rings. The van der Waals surface area contributed by atoms with E-state index in [1.807, 2.05) is 28.8 Å². The molecular formula is C20H19N7. The van der Waals surface area contributed by atoms with Crippen LogP contribution in [0.25, 0.3) is 17.0 Å². The molecule has 7 nitrogen and oxygen atoms in total. The lowest BCUT2D eigenvalue weighted by molar-refractivity contribution is 0.754. The number of benzene rings is 2. The van der Waals surface area contributed by atoms with Crippen molar-refractivity contribution in [2.24, 2.45) is 0 Å². The van der Waals surface area contributed by atoms with Gasteiger partial charge in [-0.1, -0.05) is 36.4 Å². The third kappa shape index (κ3) is 2.77. The van der Waals surface area contributed by atoms with E-state index in [9.17, 15) is 0 Å². The fraction of sp³-hybridized carbons (Fsp3) is 0.200. The molecule has 134 valence electrons. The zero-order valence-corrected chi connectivity index (χ0v) is 14.9. The summed E-state index contributed by atoms with van der Waals surface area (Å²) in [6.07, 6.45) is 1.94. The molecule has 0 fully saturated rings. The number of nitrogens with one attached hydrogen (secondary N) is 1. The second-order valence-electron chi connectivity index (χ2n) is 6.82. The van der Waals surface area contributed by atoms with Gasteiger partial charge in [0.15, 0.2) is 0 Å². The highest BCUT2D eigenvalue weighted by Gasteiger charge is 2.24. The van der Waals surface area contributed by atoms with Crippen LogP contribution in [-0.4, -0.2) is 30.5 Å². The Morgan fingerprint density at radius 3 is 2.37 bits per heavy atom. The Morgan fingerprint density at radius 2 is 1.63 bits per heavy atom. The largest absolute Gasteiger partial charge is 0.368 e. The summed E-state index contributed by atoms with van der Waals surface area (Å²) in [4.78, 5) is 17.7. The average Bonchev–Trinajstić information content (AvgIpc) is 3.21. The van der Waals surface area contributed by atoms with E-state index in [0.717, 1.165) is 29.8 Å². The molecule has 0 bridgehead atoms. The Kier molecular flexibility index (Phi) is 3.53. The van der Waals surface area contributed by atoms with Gasteiger partial charge in [0.2, 0.25) is 17.8 Å². The van der Waals surface area contributed by atoms with E-state index in [4.69, 9.17) is 10.7 Å². The van der Waals surface area contributed by atoms with Gasteiger partial charge in [-0.25, -0.2) is 9.55 Å². The minimum absolute atomic E-state index is 0.203. The molecule has 1 aliphatic rings. The lowest BCUT2D eigenvalue weighted by Crippen LogP contribution is -2.22. The number of hydrogen-bond acceptors (Lipinski definition) is 6. The van der Waals surface area contributed by atoms with Gasteiger partial charge in [0.25, 0.3) is 0 Å². The van der Waals surface area contributed by atoms with Crippen molar-refractivity contribution < 1.29 is 0 Å². The lowest BCUT2D eigenvalue weighted by atomic mass is 10.1. The van der Waals surface area contributed by atoms with Crippen molar-refractivity contribution >= 4 is 22.9 Å². The molecule has 0 saturated heterocycles. The lowest BCUT2D eigenvalue weighted by Gasteiger charge is -2.14. The molecular weight excluding hydrogens is 338 g/mol. The molecule has 0 radical (unpaired) electrons. The normalized spacial score (nSPS) is 13.8. The molecule has 0 aliphatic heterocycles. The maximum Gasteiger partial charge on any atom is 0.242 e. The van der Waals surface area contributed by atoms with Crippen molar-refractivity contribution in [2.75, 3.05) is 11.1 Å². The summed E-state index contributed by atoms with van der Waals surface area (Å²) in [5.41, 5.74) is 10.5. The van der Waals surface area contributed by atoms with Gasteiger partial charge in [0.05, 0.1) is 11.0 Å². The number of aromatic nitrogens is 5. The number of anilines is 2. The van der Waals surface area contributed by atoms with Gasteiger partial charge in [0.1, 0.15) is 5.82 Å². The minimum Gasteiger partial charge on any atom is -0.368 e. The highest BCUT2D eigenvalue weighted by atomic mass is 15.3. The van der Waals surface area contributed by atoms with Crippen LogP contribution in [0.3, 0.4) is 0 Å². The van der Waals surface area contributed by atoms with Gasteiger partial charge in [-0.2, -0.15) is 15.0 Å². The van der Waals surface area contributed by atoms with Crippen LogP contribution in [0, 0.1) is 6.92 Å². The average molecular weight is 357 g/mol. The van der Waals surface area contributed by atoms with Gasteiger partial charge in [-0.3, -0.25) is 0 Å². The minimum atomic E-state index is 0.203. The van der Waals surface area contributed by atoms with Gasteiger partial charge in [0, 0.05) is 6.04 Å². The van der Waals surface area contributed by atoms with Crippen molar-refractivity contribution in [1.29, 1.82) is 0 Å². The van der Waals surface area contributed by atoms with Crippen LogP contribution in [0.1, 0.15) is 17.0 Å². The summed E-state index contributed by atoms with van der Waals surface area (Å²) in [5.74, 6) is 1.98. The van der Waals surface area contributed by atoms with Crippen LogP contribution in [0.5, 0.6) is 0 Å². The van der Waals surface area contributed by atoms with Crippen molar-refractivity contribution in [3.05, 3.63) is 65.5 Å². The Balaban J connectivity index is 1.58. The molecule has 0 spiro atoms. The molecule has 27 heavy (non-hydrogen) atoms. The topological polar surface area (TPSA) is 94.5 Å². The Bertz CT molecular complexity index is 1100. The second-order valence-corrected chi connectivity index (χ2v) is 6.82. The third-order valence-electron chi connectivity index (χ3n) is 4.90. The predicted molar refractivity (Wildman–Crippen MR) is 105 cm³/mol. The van der Waals surface area contributed by atoms with E-state index < -0.39 is 0 Å². The van der Waals surface area contributed by atoms with E-state index in [-0.39, 0.29) is 12.0 Å². The zero-order chi connectivity index (χ0) is 18.4. The van der Waals surface area contributed by atoms with Crippen molar-refractivity contribution in [2.45, 2.75) is 25.8 Å². The van der Waals surface area contributed by atoms with E-state index in [2.05, 4.69) is 44.5 Å². The summed E-state index contributed by atoms with van der Waals surface area (Å²) in [7, 11) is 0. The van der Waals surface area contributed by atoms with Gasteiger partial charge in [-0.15, -0.1) is 0 Å². The first kappa shape index (κ1) is 15.7. The molecule has 2 aromatic carbocycles. The number of nitrogen functional groups attached to an aromatic ring is 1. The Morgan fingerprint density at radius 1 is 0.926 bits per heavy atom. The van der Waals surface area contributed by atoms with Crippen molar-refractivity contribution in [3.8, 4) is 5.95 Å². The molecule has 3 N–H and O–H groups in total. The molecule has 1 aliphatic carbocycles. The summed E-state index contributed by atoms with van der Waals surface area (Å²) >= 11 is 0. The molecule has 5 rings (SSSR count). The first-order valence-corrected chi connectivity index (χ1v) is 8.97. The van der Waals surface area contributed by atoms with Crippen LogP contribution in [0.4, 0.5) is 11.9 Å². The molecule has 0 amide bonds. The zero-order valence-electron chi connectivity index (χ0n) is 14.9. The standard InChI is InChI=1S/C20H19N7/c1-12-22-18(21)26-19(23-12)27-17-9-5-4-8-16(17)25-20(27)24-15-10-13-6-2-3-7-14(13)11-15/h2-9,15H,10-11H2,1H3,(H,24,25)(H2,21,22,23,26). The maximum absolute atomic E-state index is 5.86. The van der Waals surface area contributed by atoms with E-state index in [0.29, 0.717) is 11.8 Å². The van der Waals surface area contributed by atoms with Crippen LogP contribution >= 0.6 is 0 Å². The number of hydrogen-bond donors (Lipinski definition) is 2. The van der Waals surface area contributed by atoms with Crippen LogP contribution in [0.15, 0.2) is 48.5 Å². The number of nitrogens with two attached hydrogens (primary N) is 1. The van der Waals surface area contributed by atoms with Crippen molar-refractivity contribution in [1.82, 2.24) is 24.5 Å². The summed E-state index contributed by atoms with van der Waals surface area (Å²) < 4.78 is 1.92. The molecule has 0 unspecified atom stereocenters. The third-order valence-corrected chi connectivity index (χ3v) is 4.90. The highest BCUT2D eigenvalue weighted by molar-refractivity contribution is 5.80. The molecule has 0 saturated carbocycles. The smallest absolute Gasteiger partial charge is 0.242 e. The van der Waals surface area contributed by atoms with Gasteiger partial charge in [-0.05, 0) is 43.0 Å². The fourth-order valence-electron chi connectivity index (χ4n) is 3.76. The summed E-state index contributed by atoms with van der Waals surface area (Å²) in [6, 6.07) is 16.8. The summed E-state index contributed by atoms with van der Waals surface area (Å²) in [6.45, 7) is 1.81. The second kappa shape index (κ2) is 6.05. The number of nitrogens with zero attached hydrogens (tertiary/aromatic N) is 5. The molecule has 0 atom stereocenters. The van der Waals surface area contributed by atoms with Crippen molar-refractivity contribution in [3.63, 3.8) is 0 Å². The number of fused-ring (bicyclic) bond motifs is 2. The Hall–Kier alpha value is -3.48. The Labute approximate surface area is 156 Å². The van der Waals surface area contributed by atoms with Crippen LogP contribution in [-0.2, 0) is 12.8 Å². The van der Waals surface area contributed by atoms with Crippen LogP contribution in [0.2, 0.25) is 0 Å². The van der Waals surface area contributed by atoms with E-state index >= 15 is 0 Å². The predicted octanol–water partition coefficient (Wildman–Crippen LogP) is 2.68. The number of aryl methyl sites for hydroxylation is 1. The van der Waals surface area contributed by atoms with E-state index in [1.54, 1.807) is 6.92 Å². The molecule has 2 aromatic heterocycles. The first-order chi connectivity index (χ1) is 13.2.